The Morgan fingerprint density at radius 3 is 1.74 bits per heavy atom. The van der Waals surface area contributed by atoms with Crippen molar-refractivity contribution in [1.82, 2.24) is 0 Å². The predicted octanol–water partition coefficient (Wildman–Crippen LogP) is 5.14. The summed E-state index contributed by atoms with van der Waals surface area (Å²) in [6.07, 6.45) is 1.32. The second-order valence-corrected chi connectivity index (χ2v) is 21.8. The quantitative estimate of drug-likeness (QED) is 0.384. The molecule has 0 unspecified atom stereocenters. The van der Waals surface area contributed by atoms with E-state index in [9.17, 15) is 4.79 Å². The summed E-state index contributed by atoms with van der Waals surface area (Å²) in [7, 11) is 0. The van der Waals surface area contributed by atoms with Crippen LogP contribution in [0.1, 0.15) is 24.2 Å². The molecular formula is C20H24O2Sn. The second-order valence-electron chi connectivity index (χ2n) is 6.72. The van der Waals surface area contributed by atoms with Crippen molar-refractivity contribution in [2.75, 3.05) is 0 Å². The average molecular weight is 415 g/mol. The molecule has 2 aromatic rings. The number of hydrogen-bond donors (Lipinski definition) is 0. The van der Waals surface area contributed by atoms with Crippen LogP contribution >= 0.6 is 0 Å². The Hall–Kier alpha value is -1.55. The minimum atomic E-state index is -2.20. The molecule has 2 aromatic carbocycles. The van der Waals surface area contributed by atoms with Crippen LogP contribution in [-0.4, -0.2) is 24.3 Å². The molecule has 0 radical (unpaired) electrons. The Morgan fingerprint density at radius 1 is 0.913 bits per heavy atom. The molecule has 0 atom stereocenters. The van der Waals surface area contributed by atoms with E-state index in [4.69, 9.17) is 4.74 Å². The molecule has 120 valence electrons. The molecule has 0 aliphatic heterocycles. The van der Waals surface area contributed by atoms with Gasteiger partial charge in [-0.25, -0.2) is 0 Å². The summed E-state index contributed by atoms with van der Waals surface area (Å²) in [5, 5.41) is 0. The van der Waals surface area contributed by atoms with Gasteiger partial charge in [-0.2, -0.15) is 0 Å². The molecule has 0 fully saturated rings. The molecule has 0 saturated heterocycles. The van der Waals surface area contributed by atoms with E-state index < -0.39 is 18.4 Å². The van der Waals surface area contributed by atoms with Crippen molar-refractivity contribution in [3.05, 3.63) is 81.5 Å². The van der Waals surface area contributed by atoms with Gasteiger partial charge in [0.1, 0.15) is 0 Å². The van der Waals surface area contributed by atoms with E-state index in [1.165, 1.54) is 3.59 Å². The number of carbonyl (C=O) groups excluding carboxylic acids is 1. The normalized spacial score (nSPS) is 12.3. The molecule has 0 aliphatic rings. The fourth-order valence-electron chi connectivity index (χ4n) is 2.13. The van der Waals surface area contributed by atoms with Crippen molar-refractivity contribution in [3.8, 4) is 0 Å². The van der Waals surface area contributed by atoms with Crippen LogP contribution in [0.4, 0.5) is 0 Å². The standard InChI is InChI=1S/C17H15O2.3CH3.Sn/c1-2-9-16(18)19-17(14-10-5-3-6-11-14)15-12-7-4-8-13-15;;;;/h3-13,17H,1H3;3*1H3;. The first-order valence-electron chi connectivity index (χ1n) is 7.87. The molecule has 0 saturated carbocycles. The molecule has 0 heterocycles. The monoisotopic (exact) mass is 416 g/mol. The molecule has 0 aliphatic carbocycles. The van der Waals surface area contributed by atoms with Crippen molar-refractivity contribution in [2.45, 2.75) is 27.8 Å². The zero-order chi connectivity index (χ0) is 16.9. The number of allylic oxidation sites excluding steroid dienone is 1. The first-order valence-corrected chi connectivity index (χ1v) is 17.9. The summed E-state index contributed by atoms with van der Waals surface area (Å²) in [6, 6.07) is 19.7. The topological polar surface area (TPSA) is 26.3 Å². The van der Waals surface area contributed by atoms with E-state index in [0.29, 0.717) is 0 Å². The number of carbonyl (C=O) groups is 1. The summed E-state index contributed by atoms with van der Waals surface area (Å²) in [5.41, 5.74) is 1.97. The van der Waals surface area contributed by atoms with Crippen LogP contribution in [0.25, 0.3) is 0 Å². The van der Waals surface area contributed by atoms with Gasteiger partial charge in [0.15, 0.2) is 0 Å². The zero-order valence-corrected chi connectivity index (χ0v) is 17.1. The van der Waals surface area contributed by atoms with Gasteiger partial charge in [-0.05, 0) is 0 Å². The zero-order valence-electron chi connectivity index (χ0n) is 14.2. The van der Waals surface area contributed by atoms with E-state index in [0.717, 1.165) is 11.1 Å². The van der Waals surface area contributed by atoms with Gasteiger partial charge >= 0.3 is 143 Å². The Bertz CT molecular complexity index is 630. The van der Waals surface area contributed by atoms with Gasteiger partial charge in [0, 0.05) is 0 Å². The van der Waals surface area contributed by atoms with E-state index in [1.807, 2.05) is 60.7 Å². The third-order valence-corrected chi connectivity index (χ3v) is 11.1. The predicted molar refractivity (Wildman–Crippen MR) is 97.9 cm³/mol. The van der Waals surface area contributed by atoms with Crippen LogP contribution in [0.2, 0.25) is 14.8 Å². The number of benzene rings is 2. The molecule has 0 N–H and O–H groups in total. The van der Waals surface area contributed by atoms with E-state index in [2.05, 4.69) is 21.7 Å². The third kappa shape index (κ3) is 5.24. The fourth-order valence-corrected chi connectivity index (χ4v) is 3.70. The Balaban J connectivity index is 2.28. The number of ether oxygens (including phenoxy) is 1. The third-order valence-electron chi connectivity index (χ3n) is 3.96. The molecule has 3 heteroatoms. The van der Waals surface area contributed by atoms with Crippen molar-refractivity contribution in [3.63, 3.8) is 0 Å². The molecule has 0 bridgehead atoms. The first kappa shape index (κ1) is 17.8. The molecule has 23 heavy (non-hydrogen) atoms. The first-order chi connectivity index (χ1) is 10.9. The number of hydrogen-bond acceptors (Lipinski definition) is 2. The average Bonchev–Trinajstić information content (AvgIpc) is 2.53. The van der Waals surface area contributed by atoms with Gasteiger partial charge in [0.25, 0.3) is 0 Å². The van der Waals surface area contributed by atoms with Gasteiger partial charge in [0.05, 0.1) is 0 Å². The van der Waals surface area contributed by atoms with Crippen LogP contribution in [0, 0.1) is 0 Å². The molecule has 0 spiro atoms. The Kier molecular flexibility index (Phi) is 6.05. The maximum absolute atomic E-state index is 12.4. The van der Waals surface area contributed by atoms with Gasteiger partial charge in [-0.15, -0.1) is 0 Å². The summed E-state index contributed by atoms with van der Waals surface area (Å²) in [4.78, 5) is 19.3. The summed E-state index contributed by atoms with van der Waals surface area (Å²) >= 11 is -2.20. The van der Waals surface area contributed by atoms with Crippen LogP contribution in [-0.2, 0) is 9.53 Å². The van der Waals surface area contributed by atoms with Crippen molar-refractivity contribution < 1.29 is 9.53 Å². The van der Waals surface area contributed by atoms with Crippen LogP contribution in [0.15, 0.2) is 70.3 Å². The molecule has 2 rings (SSSR count). The van der Waals surface area contributed by atoms with E-state index in [-0.39, 0.29) is 12.1 Å². The SMILES string of the molecule is C/[C](=C\C(=O)OC(c1ccccc1)c1ccccc1)[Sn]([CH3])([CH3])[CH3]. The van der Waals surface area contributed by atoms with Crippen molar-refractivity contribution in [1.29, 1.82) is 0 Å². The van der Waals surface area contributed by atoms with E-state index >= 15 is 0 Å². The van der Waals surface area contributed by atoms with Gasteiger partial charge in [-0.1, -0.05) is 0 Å². The van der Waals surface area contributed by atoms with Crippen LogP contribution < -0.4 is 0 Å². The van der Waals surface area contributed by atoms with Gasteiger partial charge in [-0.3, -0.25) is 0 Å². The minimum absolute atomic E-state index is 0.258. The summed E-state index contributed by atoms with van der Waals surface area (Å²) in [6.45, 7) is 2.05. The number of rotatable bonds is 5. The van der Waals surface area contributed by atoms with E-state index in [1.54, 1.807) is 6.08 Å². The van der Waals surface area contributed by atoms with Crippen LogP contribution in [0.5, 0.6) is 0 Å². The molecule has 2 nitrogen and oxygen atoms in total. The molecule has 0 amide bonds. The second kappa shape index (κ2) is 7.82. The maximum atomic E-state index is 12.4. The summed E-state index contributed by atoms with van der Waals surface area (Å²) < 4.78 is 7.02. The van der Waals surface area contributed by atoms with Crippen LogP contribution in [0.3, 0.4) is 0 Å². The molecular weight excluding hydrogens is 391 g/mol. The van der Waals surface area contributed by atoms with Crippen molar-refractivity contribution >= 4 is 24.3 Å². The number of esters is 1. The fraction of sp³-hybridized carbons (Fsp3) is 0.250. The summed E-state index contributed by atoms with van der Waals surface area (Å²) in [5.74, 6) is -0.258. The van der Waals surface area contributed by atoms with Crippen molar-refractivity contribution in [2.24, 2.45) is 0 Å². The van der Waals surface area contributed by atoms with Gasteiger partial charge in [0.2, 0.25) is 0 Å². The molecule has 0 aromatic heterocycles. The Labute approximate surface area is 143 Å². The Morgan fingerprint density at radius 2 is 1.35 bits per heavy atom. The van der Waals surface area contributed by atoms with Gasteiger partial charge < -0.3 is 0 Å².